The molecule has 0 N–H and O–H groups in total. The summed E-state index contributed by atoms with van der Waals surface area (Å²) in [7, 11) is 0. The fourth-order valence-corrected chi connectivity index (χ4v) is 0.504. The molecule has 0 aromatic heterocycles. The first-order chi connectivity index (χ1) is 4.79. The third kappa shape index (κ3) is 3.06. The van der Waals surface area contributed by atoms with Crippen LogP contribution in [0.2, 0.25) is 0 Å². The summed E-state index contributed by atoms with van der Waals surface area (Å²) in [5.41, 5.74) is 0. The highest BCUT2D eigenvalue weighted by atomic mass is 16.6. The largest absolute Gasteiger partial charge is 0.466 e. The van der Waals surface area contributed by atoms with Crippen molar-refractivity contribution in [1.82, 2.24) is 0 Å². The maximum Gasteiger partial charge on any atom is 0.344 e. The first-order valence-electron chi connectivity index (χ1n) is 3.10. The first kappa shape index (κ1) is 7.05. The van der Waals surface area contributed by atoms with E-state index in [-0.39, 0.29) is 11.9 Å². The molecule has 0 aliphatic carbocycles. The quantitative estimate of drug-likeness (QED) is 0.351. The minimum atomic E-state index is -0.0833. The van der Waals surface area contributed by atoms with Crippen molar-refractivity contribution in [3.8, 4) is 0 Å². The Morgan fingerprint density at radius 1 is 1.10 bits per heavy atom. The average Bonchev–Trinajstić information content (AvgIpc) is 2.50. The summed E-state index contributed by atoms with van der Waals surface area (Å²) < 4.78 is 8.58. The molecule has 0 aromatic carbocycles. The van der Waals surface area contributed by atoms with Crippen LogP contribution < -0.4 is 0 Å². The van der Waals surface area contributed by atoms with Gasteiger partial charge in [0.15, 0.2) is 6.61 Å². The van der Waals surface area contributed by atoms with E-state index >= 15 is 0 Å². The van der Waals surface area contributed by atoms with E-state index in [1.54, 1.807) is 0 Å². The van der Waals surface area contributed by atoms with Crippen molar-refractivity contribution in [1.29, 1.82) is 0 Å². The van der Waals surface area contributed by atoms with Gasteiger partial charge in [0.25, 0.3) is 0 Å². The van der Waals surface area contributed by atoms with Crippen LogP contribution in [-0.2, 0) is 19.1 Å². The molecule has 0 radical (unpaired) electrons. The molecule has 4 heteroatoms. The summed E-state index contributed by atoms with van der Waals surface area (Å²) in [4.78, 5) is 19.4. The minimum Gasteiger partial charge on any atom is -0.466 e. The van der Waals surface area contributed by atoms with Crippen LogP contribution in [0, 0.1) is 0 Å². The van der Waals surface area contributed by atoms with Gasteiger partial charge in [-0.05, 0) is 6.42 Å². The van der Waals surface area contributed by atoms with Gasteiger partial charge in [-0.2, -0.15) is 0 Å². The van der Waals surface area contributed by atoms with E-state index in [4.69, 9.17) is 0 Å². The summed E-state index contributed by atoms with van der Waals surface area (Å²) in [5, 5.41) is 0. The van der Waals surface area contributed by atoms with Crippen LogP contribution in [0.3, 0.4) is 0 Å². The Kier molecular flexibility index (Phi) is 2.25. The number of epoxide rings is 1. The fraction of sp³-hybridized carbons (Fsp3) is 0.667. The fourth-order valence-electron chi connectivity index (χ4n) is 0.504. The van der Waals surface area contributed by atoms with Crippen molar-refractivity contribution in [2.75, 3.05) is 13.2 Å². The molecular formula is C6H8O4. The van der Waals surface area contributed by atoms with Gasteiger partial charge >= 0.3 is 11.9 Å². The van der Waals surface area contributed by atoms with Crippen molar-refractivity contribution in [3.63, 3.8) is 0 Å². The summed E-state index contributed by atoms with van der Waals surface area (Å²) in [6.45, 7) is 0.985. The van der Waals surface area contributed by atoms with Crippen LogP contribution in [0.15, 0.2) is 0 Å². The highest BCUT2D eigenvalue weighted by Crippen LogP contribution is 2.01. The zero-order valence-electron chi connectivity index (χ0n) is 5.46. The Morgan fingerprint density at radius 2 is 1.70 bits per heavy atom. The average molecular weight is 144 g/mol. The van der Waals surface area contributed by atoms with E-state index in [1.165, 1.54) is 0 Å². The van der Waals surface area contributed by atoms with E-state index in [0.717, 1.165) is 6.42 Å². The van der Waals surface area contributed by atoms with Crippen LogP contribution in [0.1, 0.15) is 12.8 Å². The Morgan fingerprint density at radius 3 is 1.80 bits per heavy atom. The Labute approximate surface area is 58.1 Å². The van der Waals surface area contributed by atoms with Gasteiger partial charge in [-0.1, -0.05) is 0 Å². The zero-order valence-corrected chi connectivity index (χ0v) is 5.46. The van der Waals surface area contributed by atoms with Crippen molar-refractivity contribution in [2.24, 2.45) is 0 Å². The number of carbonyl (C=O) groups is 2. The number of esters is 1. The van der Waals surface area contributed by atoms with Gasteiger partial charge in [-0.3, -0.25) is 4.79 Å². The Balaban J connectivity index is 0.000000108. The van der Waals surface area contributed by atoms with Crippen molar-refractivity contribution in [2.45, 2.75) is 12.8 Å². The molecule has 10 heavy (non-hydrogen) atoms. The monoisotopic (exact) mass is 144 g/mol. The van der Waals surface area contributed by atoms with Gasteiger partial charge in [0.2, 0.25) is 0 Å². The van der Waals surface area contributed by atoms with Gasteiger partial charge in [0.05, 0.1) is 6.61 Å². The Hall–Kier alpha value is -1.06. The van der Waals surface area contributed by atoms with Crippen molar-refractivity contribution >= 4 is 11.9 Å². The summed E-state index contributed by atoms with van der Waals surface area (Å²) in [5.74, 6) is -0.130. The molecule has 2 aliphatic rings. The van der Waals surface area contributed by atoms with Crippen molar-refractivity contribution < 1.29 is 19.1 Å². The second kappa shape index (κ2) is 3.20. The standard InChI is InChI=1S/C4H6O2.C2H2O2/c5-4-2-1-3-6-4;3-2-1-4-2/h1-3H2;1H2. The molecule has 0 amide bonds. The molecule has 4 nitrogen and oxygen atoms in total. The molecule has 0 saturated carbocycles. The molecule has 0 unspecified atom stereocenters. The molecule has 2 saturated heterocycles. The predicted molar refractivity (Wildman–Crippen MR) is 31.2 cm³/mol. The number of cyclic esters (lactones) is 2. The molecule has 0 spiro atoms. The van der Waals surface area contributed by atoms with Crippen LogP contribution >= 0.6 is 0 Å². The third-order valence-electron chi connectivity index (χ3n) is 1.05. The number of rotatable bonds is 0. The van der Waals surface area contributed by atoms with Gasteiger partial charge < -0.3 is 9.47 Å². The number of hydrogen-bond donors (Lipinski definition) is 0. The lowest BCUT2D eigenvalue weighted by Gasteiger charge is -1.81. The van der Waals surface area contributed by atoms with Crippen LogP contribution in [0.4, 0.5) is 0 Å². The number of hydrogen-bond acceptors (Lipinski definition) is 4. The van der Waals surface area contributed by atoms with Gasteiger partial charge in [-0.15, -0.1) is 0 Å². The smallest absolute Gasteiger partial charge is 0.344 e. The molecule has 2 fully saturated rings. The van der Waals surface area contributed by atoms with Crippen LogP contribution in [-0.4, -0.2) is 25.2 Å². The second-order valence-corrected chi connectivity index (χ2v) is 1.98. The molecular weight excluding hydrogens is 136 g/mol. The highest BCUT2D eigenvalue weighted by molar-refractivity contribution is 5.82. The highest BCUT2D eigenvalue weighted by Gasteiger charge is 2.15. The Bertz CT molecular complexity index is 138. The topological polar surface area (TPSA) is 55.9 Å². The van der Waals surface area contributed by atoms with E-state index < -0.39 is 0 Å². The number of carbonyl (C=O) groups excluding carboxylic acids is 2. The third-order valence-corrected chi connectivity index (χ3v) is 1.05. The summed E-state index contributed by atoms with van der Waals surface area (Å²) in [6.07, 6.45) is 1.54. The van der Waals surface area contributed by atoms with Crippen LogP contribution in [0.5, 0.6) is 0 Å². The van der Waals surface area contributed by atoms with Crippen molar-refractivity contribution in [3.05, 3.63) is 0 Å². The zero-order chi connectivity index (χ0) is 7.40. The normalized spacial score (nSPS) is 20.4. The molecule has 56 valence electrons. The summed E-state index contributed by atoms with van der Waals surface area (Å²) in [6, 6.07) is 0. The van der Waals surface area contributed by atoms with Gasteiger partial charge in [0.1, 0.15) is 0 Å². The van der Waals surface area contributed by atoms with Gasteiger partial charge in [-0.25, -0.2) is 4.79 Å². The van der Waals surface area contributed by atoms with E-state index in [1.807, 2.05) is 0 Å². The predicted octanol–water partition coefficient (Wildman–Crippen LogP) is -0.133. The molecule has 0 bridgehead atoms. The molecule has 2 rings (SSSR count). The summed E-state index contributed by atoms with van der Waals surface area (Å²) >= 11 is 0. The lowest BCUT2D eigenvalue weighted by molar-refractivity contribution is -0.137. The second-order valence-electron chi connectivity index (χ2n) is 1.98. The lowest BCUT2D eigenvalue weighted by Crippen LogP contribution is -1.88. The molecule has 2 heterocycles. The SMILES string of the molecule is O=C1CCCO1.O=C1CO1. The minimum absolute atomic E-state index is 0.0463. The molecule has 0 aromatic rings. The number of ether oxygens (including phenoxy) is 2. The first-order valence-corrected chi connectivity index (χ1v) is 3.10. The van der Waals surface area contributed by atoms with Gasteiger partial charge in [0, 0.05) is 6.42 Å². The maximum atomic E-state index is 10.0. The van der Waals surface area contributed by atoms with Crippen LogP contribution in [0.25, 0.3) is 0 Å². The van der Waals surface area contributed by atoms with E-state index in [9.17, 15) is 9.59 Å². The molecule has 2 aliphatic heterocycles. The van der Waals surface area contributed by atoms with E-state index in [0.29, 0.717) is 19.6 Å². The maximum absolute atomic E-state index is 10.0. The van der Waals surface area contributed by atoms with E-state index in [2.05, 4.69) is 9.47 Å². The lowest BCUT2D eigenvalue weighted by atomic mass is 10.4. The molecule has 0 atom stereocenters.